The molecule has 27 heavy (non-hydrogen) atoms. The Kier molecular flexibility index (Phi) is 4.22. The number of nitriles is 1. The van der Waals surface area contributed by atoms with Gasteiger partial charge >= 0.3 is 0 Å². The average Bonchev–Trinajstić information content (AvgIpc) is 3.23. The summed E-state index contributed by atoms with van der Waals surface area (Å²) in [6.45, 7) is 3.75. The van der Waals surface area contributed by atoms with Crippen LogP contribution in [0.5, 0.6) is 0 Å². The number of nitrogens with one attached hydrogen (secondary N) is 2. The largest absolute Gasteiger partial charge is 0.363 e. The molecule has 0 fully saturated rings. The van der Waals surface area contributed by atoms with Crippen LogP contribution in [0.25, 0.3) is 0 Å². The summed E-state index contributed by atoms with van der Waals surface area (Å²) in [5.41, 5.74) is 2.38. The minimum atomic E-state index is -0.269. The molecule has 1 unspecified atom stereocenters. The average molecular weight is 376 g/mol. The number of amides is 1. The maximum absolute atomic E-state index is 12.6. The SMILES string of the molecule is Cc1nc(C(=O)NC2=CNC3C=CC(c4ccccc4C#N)=NN23)c(C)s1. The molecule has 134 valence electrons. The molecule has 0 aliphatic carbocycles. The minimum Gasteiger partial charge on any atom is -0.363 e. The Bertz CT molecular complexity index is 1060. The summed E-state index contributed by atoms with van der Waals surface area (Å²) in [5.74, 6) is 0.264. The number of carbonyl (C=O) groups excluding carboxylic acids is 1. The number of hydrazone groups is 1. The highest BCUT2D eigenvalue weighted by molar-refractivity contribution is 7.11. The number of carbonyl (C=O) groups is 1. The second-order valence-corrected chi connectivity index (χ2v) is 7.49. The predicted molar refractivity (Wildman–Crippen MR) is 103 cm³/mol. The number of allylic oxidation sites excluding steroid dienone is 1. The monoisotopic (exact) mass is 376 g/mol. The van der Waals surface area contributed by atoms with Crippen molar-refractivity contribution in [1.82, 2.24) is 20.6 Å². The van der Waals surface area contributed by atoms with Crippen LogP contribution in [0.2, 0.25) is 0 Å². The Hall–Kier alpha value is -3.44. The molecule has 2 aliphatic heterocycles. The molecule has 0 spiro atoms. The number of hydrogen-bond acceptors (Lipinski definition) is 7. The predicted octanol–water partition coefficient (Wildman–Crippen LogP) is 2.37. The number of thiazole rings is 1. The first-order valence-electron chi connectivity index (χ1n) is 8.34. The molecule has 0 saturated carbocycles. The first-order valence-corrected chi connectivity index (χ1v) is 9.15. The Labute approximate surface area is 160 Å². The third kappa shape index (κ3) is 3.09. The summed E-state index contributed by atoms with van der Waals surface area (Å²) in [6.07, 6.45) is 5.34. The standard InChI is InChI=1S/C19H16N6OS/c1-11-18(22-12(2)27-11)19(26)23-17-10-21-16-8-7-15(24-25(16)17)14-6-4-3-5-13(14)9-20/h3-8,10,16,21H,1-2H3,(H,23,26). The first kappa shape index (κ1) is 17.0. The summed E-state index contributed by atoms with van der Waals surface area (Å²) >= 11 is 1.49. The fourth-order valence-corrected chi connectivity index (χ4v) is 3.81. The lowest BCUT2D eigenvalue weighted by molar-refractivity contribution is 0.0945. The molecule has 1 amide bonds. The maximum Gasteiger partial charge on any atom is 0.276 e. The Balaban J connectivity index is 1.60. The van der Waals surface area contributed by atoms with Crippen LogP contribution in [0, 0.1) is 25.2 Å². The van der Waals surface area contributed by atoms with E-state index in [0.29, 0.717) is 22.8 Å². The number of fused-ring (bicyclic) bond motifs is 1. The van der Waals surface area contributed by atoms with E-state index >= 15 is 0 Å². The Morgan fingerprint density at radius 2 is 2.19 bits per heavy atom. The third-order valence-corrected chi connectivity index (χ3v) is 5.12. The zero-order chi connectivity index (χ0) is 19.0. The van der Waals surface area contributed by atoms with E-state index in [1.165, 1.54) is 11.3 Å². The van der Waals surface area contributed by atoms with Crippen molar-refractivity contribution in [3.63, 3.8) is 0 Å². The number of benzene rings is 1. The van der Waals surface area contributed by atoms with Gasteiger partial charge in [-0.3, -0.25) is 4.79 Å². The number of hydrogen-bond donors (Lipinski definition) is 2. The van der Waals surface area contributed by atoms with Crippen molar-refractivity contribution < 1.29 is 4.79 Å². The van der Waals surface area contributed by atoms with Gasteiger partial charge in [0.25, 0.3) is 5.91 Å². The highest BCUT2D eigenvalue weighted by Gasteiger charge is 2.29. The number of rotatable bonds is 3. The fraction of sp³-hybridized carbons (Fsp3) is 0.158. The topological polar surface area (TPSA) is 93.4 Å². The van der Waals surface area contributed by atoms with Crippen LogP contribution < -0.4 is 10.6 Å². The van der Waals surface area contributed by atoms with E-state index in [9.17, 15) is 10.1 Å². The van der Waals surface area contributed by atoms with Crippen molar-refractivity contribution in [3.8, 4) is 6.07 Å². The van der Waals surface area contributed by atoms with Gasteiger partial charge in [0.1, 0.15) is 17.7 Å². The van der Waals surface area contributed by atoms with Crippen LogP contribution in [-0.4, -0.2) is 27.8 Å². The van der Waals surface area contributed by atoms with Gasteiger partial charge in [0.2, 0.25) is 0 Å². The molecule has 0 saturated heterocycles. The number of aromatic nitrogens is 1. The van der Waals surface area contributed by atoms with Crippen molar-refractivity contribution in [2.24, 2.45) is 5.10 Å². The molecule has 1 atom stereocenters. The highest BCUT2D eigenvalue weighted by atomic mass is 32.1. The van der Waals surface area contributed by atoms with Gasteiger partial charge in [-0.25, -0.2) is 9.99 Å². The number of aryl methyl sites for hydroxylation is 2. The molecule has 3 heterocycles. The minimum absolute atomic E-state index is 0.184. The molecule has 2 aliphatic rings. The van der Waals surface area contributed by atoms with Crippen molar-refractivity contribution >= 4 is 23.0 Å². The van der Waals surface area contributed by atoms with Crippen LogP contribution in [0.15, 0.2) is 53.5 Å². The molecule has 2 N–H and O–H groups in total. The van der Waals surface area contributed by atoms with E-state index in [2.05, 4.69) is 26.8 Å². The van der Waals surface area contributed by atoms with E-state index in [4.69, 9.17) is 0 Å². The molecule has 4 rings (SSSR count). The summed E-state index contributed by atoms with van der Waals surface area (Å²) < 4.78 is 0. The van der Waals surface area contributed by atoms with E-state index in [-0.39, 0.29) is 12.1 Å². The van der Waals surface area contributed by atoms with Crippen LogP contribution in [-0.2, 0) is 0 Å². The zero-order valence-corrected chi connectivity index (χ0v) is 15.5. The van der Waals surface area contributed by atoms with Crippen LogP contribution in [0.3, 0.4) is 0 Å². The van der Waals surface area contributed by atoms with Crippen molar-refractivity contribution in [2.75, 3.05) is 0 Å². The summed E-state index contributed by atoms with van der Waals surface area (Å²) in [7, 11) is 0. The molecule has 8 heteroatoms. The smallest absolute Gasteiger partial charge is 0.276 e. The third-order valence-electron chi connectivity index (χ3n) is 4.24. The summed E-state index contributed by atoms with van der Waals surface area (Å²) in [6, 6.07) is 9.48. The molecule has 1 aromatic carbocycles. The van der Waals surface area contributed by atoms with Gasteiger partial charge < -0.3 is 10.6 Å². The maximum atomic E-state index is 12.6. The van der Waals surface area contributed by atoms with Crippen molar-refractivity contribution in [3.05, 3.63) is 75.1 Å². The molecule has 0 bridgehead atoms. The van der Waals surface area contributed by atoms with Gasteiger partial charge in [-0.05, 0) is 32.1 Å². The van der Waals surface area contributed by atoms with Crippen LogP contribution >= 0.6 is 11.3 Å². The van der Waals surface area contributed by atoms with Gasteiger partial charge in [-0.2, -0.15) is 10.4 Å². The number of nitrogens with zero attached hydrogens (tertiary/aromatic N) is 4. The van der Waals surface area contributed by atoms with Crippen LogP contribution in [0.4, 0.5) is 0 Å². The second-order valence-electron chi connectivity index (χ2n) is 6.08. The summed E-state index contributed by atoms with van der Waals surface area (Å²) in [5, 5.41) is 22.5. The summed E-state index contributed by atoms with van der Waals surface area (Å²) in [4.78, 5) is 17.8. The van der Waals surface area contributed by atoms with E-state index in [1.54, 1.807) is 17.3 Å². The molecule has 2 aromatic rings. The van der Waals surface area contributed by atoms with Gasteiger partial charge in [-0.1, -0.05) is 18.2 Å². The van der Waals surface area contributed by atoms with E-state index in [1.807, 2.05) is 44.2 Å². The lowest BCUT2D eigenvalue weighted by atomic mass is 10.0. The molecular weight excluding hydrogens is 360 g/mol. The normalized spacial score (nSPS) is 17.5. The molecule has 7 nitrogen and oxygen atoms in total. The zero-order valence-electron chi connectivity index (χ0n) is 14.7. The van der Waals surface area contributed by atoms with Crippen LogP contribution in [0.1, 0.15) is 31.5 Å². The van der Waals surface area contributed by atoms with Gasteiger partial charge in [0.05, 0.1) is 22.4 Å². The quantitative estimate of drug-likeness (QED) is 0.858. The highest BCUT2D eigenvalue weighted by Crippen LogP contribution is 2.22. The van der Waals surface area contributed by atoms with Crippen molar-refractivity contribution in [1.29, 1.82) is 5.26 Å². The van der Waals surface area contributed by atoms with Crippen molar-refractivity contribution in [2.45, 2.75) is 20.0 Å². The Morgan fingerprint density at radius 3 is 2.93 bits per heavy atom. The lowest BCUT2D eigenvalue weighted by Gasteiger charge is -2.26. The molecular formula is C19H16N6OS. The second kappa shape index (κ2) is 6.70. The van der Waals surface area contributed by atoms with E-state index in [0.717, 1.165) is 15.4 Å². The Morgan fingerprint density at radius 1 is 1.37 bits per heavy atom. The fourth-order valence-electron chi connectivity index (χ4n) is 2.99. The van der Waals surface area contributed by atoms with Gasteiger partial charge in [-0.15, -0.1) is 11.3 Å². The lowest BCUT2D eigenvalue weighted by Crippen LogP contribution is -2.39. The first-order chi connectivity index (χ1) is 13.1. The molecule has 1 aromatic heterocycles. The van der Waals surface area contributed by atoms with E-state index < -0.39 is 0 Å². The van der Waals surface area contributed by atoms with Gasteiger partial charge in [0, 0.05) is 16.6 Å². The van der Waals surface area contributed by atoms with Gasteiger partial charge in [0.15, 0.2) is 0 Å². The molecule has 0 radical (unpaired) electrons.